The molecule has 0 N–H and O–H groups in total. The van der Waals surface area contributed by atoms with Crippen molar-refractivity contribution in [3.05, 3.63) is 22.4 Å². The maximum atomic E-state index is 12.9. The Balaban J connectivity index is 1.41. The molecule has 1 saturated carbocycles. The lowest BCUT2D eigenvalue weighted by Crippen LogP contribution is -2.45. The fourth-order valence-corrected chi connectivity index (χ4v) is 5.26. The van der Waals surface area contributed by atoms with E-state index in [1.165, 1.54) is 17.7 Å². The summed E-state index contributed by atoms with van der Waals surface area (Å²) in [5, 5.41) is 2.15. The minimum absolute atomic E-state index is 0.0742. The minimum Gasteiger partial charge on any atom is -0.384 e. The highest BCUT2D eigenvalue weighted by atomic mass is 32.1. The number of amides is 1. The van der Waals surface area contributed by atoms with Gasteiger partial charge in [-0.25, -0.2) is 0 Å². The first kappa shape index (κ1) is 16.6. The zero-order valence-electron chi connectivity index (χ0n) is 14.6. The zero-order chi connectivity index (χ0) is 16.6. The lowest BCUT2D eigenvalue weighted by atomic mass is 9.71. The monoisotopic (exact) mass is 348 g/mol. The summed E-state index contributed by atoms with van der Waals surface area (Å²) in [5.41, 5.74) is 0.147. The van der Waals surface area contributed by atoms with Crippen LogP contribution < -0.4 is 0 Å². The van der Waals surface area contributed by atoms with E-state index in [9.17, 15) is 4.79 Å². The molecule has 3 heterocycles. The molecule has 0 radical (unpaired) electrons. The van der Waals surface area contributed by atoms with Crippen LogP contribution in [0.2, 0.25) is 0 Å². The second kappa shape index (κ2) is 6.77. The van der Waals surface area contributed by atoms with Gasteiger partial charge in [-0.2, -0.15) is 0 Å². The number of hydrogen-bond acceptors (Lipinski definition) is 4. The number of piperidine rings is 1. The van der Waals surface area contributed by atoms with Gasteiger partial charge in [0, 0.05) is 37.0 Å². The summed E-state index contributed by atoms with van der Waals surface area (Å²) in [6.45, 7) is 5.79. The predicted octanol–water partition coefficient (Wildman–Crippen LogP) is 2.85. The third kappa shape index (κ3) is 3.26. The van der Waals surface area contributed by atoms with Gasteiger partial charge in [-0.1, -0.05) is 6.07 Å². The number of methoxy groups -OCH3 is 1. The van der Waals surface area contributed by atoms with Crippen LogP contribution in [0.3, 0.4) is 0 Å². The number of carbonyl (C=O) groups is 1. The number of thiophene rings is 1. The fraction of sp³-hybridized carbons (Fsp3) is 0.737. The maximum absolute atomic E-state index is 12.9. The highest BCUT2D eigenvalue weighted by Gasteiger charge is 2.53. The Labute approximate surface area is 148 Å². The Morgan fingerprint density at radius 1 is 1.33 bits per heavy atom. The molecule has 1 atom stereocenters. The summed E-state index contributed by atoms with van der Waals surface area (Å²) < 4.78 is 5.45. The highest BCUT2D eigenvalue weighted by Crippen LogP contribution is 2.47. The summed E-state index contributed by atoms with van der Waals surface area (Å²) in [5.74, 6) is 1.20. The molecule has 0 aromatic carbocycles. The van der Waals surface area contributed by atoms with Crippen molar-refractivity contribution >= 4 is 17.2 Å². The second-order valence-corrected chi connectivity index (χ2v) is 8.92. The molecule has 3 aliphatic rings. The van der Waals surface area contributed by atoms with E-state index in [2.05, 4.69) is 27.3 Å². The quantitative estimate of drug-likeness (QED) is 0.792. The number of hydrogen-bond donors (Lipinski definition) is 0. The molecule has 5 heteroatoms. The number of nitrogens with zero attached hydrogens (tertiary/aromatic N) is 2. The molecular formula is C19H28N2O2S. The summed E-state index contributed by atoms with van der Waals surface area (Å²) >= 11 is 1.84. The first-order valence-corrected chi connectivity index (χ1v) is 10.1. The number of likely N-dealkylation sites (tertiary alicyclic amines) is 2. The van der Waals surface area contributed by atoms with Crippen LogP contribution in [0.1, 0.15) is 30.6 Å². The number of rotatable bonds is 6. The molecule has 2 aliphatic heterocycles. The van der Waals surface area contributed by atoms with Crippen molar-refractivity contribution in [2.75, 3.05) is 39.9 Å². The van der Waals surface area contributed by atoms with Gasteiger partial charge in [0.2, 0.25) is 5.91 Å². The highest BCUT2D eigenvalue weighted by molar-refractivity contribution is 7.09. The first-order valence-electron chi connectivity index (χ1n) is 9.23. The standard InChI is InChI=1S/C19H28N2O2S/c1-23-13-17-18(22)21(11-15-4-5-15)14-19(17)6-8-20(9-7-19)12-16-3-2-10-24-16/h2-3,10,15,17H,4-9,11-14H2,1H3. The van der Waals surface area contributed by atoms with Gasteiger partial charge in [-0.3, -0.25) is 9.69 Å². The molecule has 3 fully saturated rings. The van der Waals surface area contributed by atoms with E-state index in [-0.39, 0.29) is 11.3 Å². The van der Waals surface area contributed by atoms with E-state index in [1.807, 2.05) is 11.3 Å². The molecule has 132 valence electrons. The second-order valence-electron chi connectivity index (χ2n) is 7.89. The Hall–Kier alpha value is -0.910. The van der Waals surface area contributed by atoms with Gasteiger partial charge >= 0.3 is 0 Å². The molecule has 2 saturated heterocycles. The van der Waals surface area contributed by atoms with Gasteiger partial charge in [0.05, 0.1) is 12.5 Å². The van der Waals surface area contributed by atoms with Gasteiger partial charge in [-0.05, 0) is 56.1 Å². The lowest BCUT2D eigenvalue weighted by molar-refractivity contribution is -0.133. The van der Waals surface area contributed by atoms with Crippen LogP contribution in [0.4, 0.5) is 0 Å². The van der Waals surface area contributed by atoms with Gasteiger partial charge in [0.1, 0.15) is 0 Å². The van der Waals surface area contributed by atoms with Gasteiger partial charge in [0.25, 0.3) is 0 Å². The van der Waals surface area contributed by atoms with Crippen molar-refractivity contribution in [2.24, 2.45) is 17.3 Å². The van der Waals surface area contributed by atoms with Gasteiger partial charge in [-0.15, -0.1) is 11.3 Å². The van der Waals surface area contributed by atoms with Crippen LogP contribution >= 0.6 is 11.3 Å². The summed E-state index contributed by atoms with van der Waals surface area (Å²) in [7, 11) is 1.73. The average Bonchev–Trinajstić information content (AvgIpc) is 3.19. The van der Waals surface area contributed by atoms with Gasteiger partial charge in [0.15, 0.2) is 0 Å². The average molecular weight is 349 g/mol. The van der Waals surface area contributed by atoms with Crippen molar-refractivity contribution < 1.29 is 9.53 Å². The Kier molecular flexibility index (Phi) is 4.67. The van der Waals surface area contributed by atoms with Crippen molar-refractivity contribution in [1.29, 1.82) is 0 Å². The van der Waals surface area contributed by atoms with Crippen LogP contribution in [0.5, 0.6) is 0 Å². The first-order chi connectivity index (χ1) is 11.7. The molecule has 1 spiro atoms. The Morgan fingerprint density at radius 2 is 2.12 bits per heavy atom. The van der Waals surface area contributed by atoms with Crippen LogP contribution in [-0.2, 0) is 16.1 Å². The van der Waals surface area contributed by atoms with Crippen molar-refractivity contribution in [3.8, 4) is 0 Å². The van der Waals surface area contributed by atoms with Crippen LogP contribution in [-0.4, -0.2) is 55.6 Å². The van der Waals surface area contributed by atoms with Crippen molar-refractivity contribution in [3.63, 3.8) is 0 Å². The smallest absolute Gasteiger partial charge is 0.228 e. The lowest BCUT2D eigenvalue weighted by Gasteiger charge is -2.41. The largest absolute Gasteiger partial charge is 0.384 e. The Bertz CT molecular complexity index is 562. The van der Waals surface area contributed by atoms with Crippen LogP contribution in [0.15, 0.2) is 17.5 Å². The molecule has 1 aliphatic carbocycles. The van der Waals surface area contributed by atoms with E-state index in [1.54, 1.807) is 7.11 Å². The molecule has 4 rings (SSSR count). The molecule has 0 bridgehead atoms. The van der Waals surface area contributed by atoms with Crippen LogP contribution in [0, 0.1) is 17.3 Å². The zero-order valence-corrected chi connectivity index (χ0v) is 15.4. The molecule has 4 nitrogen and oxygen atoms in total. The molecule has 1 aromatic heterocycles. The van der Waals surface area contributed by atoms with E-state index < -0.39 is 0 Å². The summed E-state index contributed by atoms with van der Waals surface area (Å²) in [6.07, 6.45) is 4.86. The summed E-state index contributed by atoms with van der Waals surface area (Å²) in [4.78, 5) is 19.1. The maximum Gasteiger partial charge on any atom is 0.228 e. The molecule has 24 heavy (non-hydrogen) atoms. The van der Waals surface area contributed by atoms with Crippen molar-refractivity contribution in [2.45, 2.75) is 32.2 Å². The predicted molar refractivity (Wildman–Crippen MR) is 95.9 cm³/mol. The third-order valence-electron chi connectivity index (χ3n) is 6.17. The molecule has 1 aromatic rings. The topological polar surface area (TPSA) is 32.8 Å². The van der Waals surface area contributed by atoms with Crippen LogP contribution in [0.25, 0.3) is 0 Å². The number of ether oxygens (including phenoxy) is 1. The van der Waals surface area contributed by atoms with Crippen molar-refractivity contribution in [1.82, 2.24) is 9.80 Å². The normalized spacial score (nSPS) is 27.3. The molecule has 1 unspecified atom stereocenters. The minimum atomic E-state index is 0.0742. The molecular weight excluding hydrogens is 320 g/mol. The van der Waals surface area contributed by atoms with E-state index in [0.717, 1.165) is 51.5 Å². The number of carbonyl (C=O) groups excluding carboxylic acids is 1. The third-order valence-corrected chi connectivity index (χ3v) is 7.04. The van der Waals surface area contributed by atoms with E-state index in [4.69, 9.17) is 4.74 Å². The fourth-order valence-electron chi connectivity index (χ4n) is 4.52. The summed E-state index contributed by atoms with van der Waals surface area (Å²) in [6, 6.07) is 4.35. The van der Waals surface area contributed by atoms with Gasteiger partial charge < -0.3 is 9.64 Å². The van der Waals surface area contributed by atoms with E-state index in [0.29, 0.717) is 12.5 Å². The Morgan fingerprint density at radius 3 is 2.75 bits per heavy atom. The SMILES string of the molecule is COCC1C(=O)N(CC2CC2)CC12CCN(Cc1cccs1)CC2. The van der Waals surface area contributed by atoms with E-state index >= 15 is 0 Å². The molecule has 1 amide bonds.